The van der Waals surface area contributed by atoms with E-state index in [-0.39, 0.29) is 5.75 Å². The monoisotopic (exact) mass is 298 g/mol. The molecule has 2 aromatic rings. The van der Waals surface area contributed by atoms with Gasteiger partial charge in [-0.3, -0.25) is 0 Å². The van der Waals surface area contributed by atoms with Crippen molar-refractivity contribution in [1.29, 1.82) is 0 Å². The van der Waals surface area contributed by atoms with Crippen LogP contribution in [0, 0.1) is 0 Å². The Morgan fingerprint density at radius 3 is 2.95 bits per heavy atom. The first-order valence-corrected chi connectivity index (χ1v) is 7.86. The number of nitrogens with zero attached hydrogens (tertiary/aromatic N) is 2. The van der Waals surface area contributed by atoms with Gasteiger partial charge in [-0.15, -0.1) is 0 Å². The lowest BCUT2D eigenvalue weighted by Gasteiger charge is -2.23. The zero-order valence-electron chi connectivity index (χ0n) is 12.6. The van der Waals surface area contributed by atoms with Gasteiger partial charge in [0.1, 0.15) is 11.6 Å². The van der Waals surface area contributed by atoms with Crippen LogP contribution in [0.2, 0.25) is 0 Å². The number of piperidine rings is 1. The van der Waals surface area contributed by atoms with Gasteiger partial charge in [0, 0.05) is 17.8 Å². The maximum Gasteiger partial charge on any atom is 0.161 e. The van der Waals surface area contributed by atoms with Crippen LogP contribution in [0.3, 0.4) is 0 Å². The molecule has 0 bridgehead atoms. The van der Waals surface area contributed by atoms with E-state index in [9.17, 15) is 5.11 Å². The number of hydrogen-bond donors (Lipinski definition) is 3. The van der Waals surface area contributed by atoms with E-state index in [1.165, 1.54) is 19.3 Å². The van der Waals surface area contributed by atoms with E-state index in [1.54, 1.807) is 18.3 Å². The summed E-state index contributed by atoms with van der Waals surface area (Å²) in [6.45, 7) is 1.12. The summed E-state index contributed by atoms with van der Waals surface area (Å²) in [5, 5.41) is 13.5. The zero-order chi connectivity index (χ0) is 15.4. The molecule has 22 heavy (non-hydrogen) atoms. The quantitative estimate of drug-likeness (QED) is 0.807. The molecule has 1 fully saturated rings. The van der Waals surface area contributed by atoms with Crippen molar-refractivity contribution < 1.29 is 5.11 Å². The molecule has 1 unspecified atom stereocenters. The van der Waals surface area contributed by atoms with E-state index in [0.717, 1.165) is 30.5 Å². The maximum atomic E-state index is 9.96. The number of nitrogens with two attached hydrogens (primary N) is 1. The number of aromatic hydroxyl groups is 1. The molecule has 1 aromatic carbocycles. The Bertz CT molecular complexity index is 638. The van der Waals surface area contributed by atoms with Crippen LogP contribution < -0.4 is 11.1 Å². The van der Waals surface area contributed by atoms with Crippen molar-refractivity contribution in [3.63, 3.8) is 0 Å². The smallest absolute Gasteiger partial charge is 0.161 e. The van der Waals surface area contributed by atoms with Gasteiger partial charge in [-0.1, -0.05) is 6.42 Å². The number of phenolic OH excluding ortho intramolecular Hbond substituents is 1. The highest BCUT2D eigenvalue weighted by Crippen LogP contribution is 2.24. The highest BCUT2D eigenvalue weighted by Gasteiger charge is 2.13. The fourth-order valence-corrected chi connectivity index (χ4v) is 2.97. The van der Waals surface area contributed by atoms with Crippen molar-refractivity contribution in [3.8, 4) is 17.1 Å². The minimum Gasteiger partial charge on any atom is -0.508 e. The van der Waals surface area contributed by atoms with Gasteiger partial charge in [0.2, 0.25) is 0 Å². The molecule has 2 heterocycles. The van der Waals surface area contributed by atoms with Crippen LogP contribution in [-0.4, -0.2) is 27.7 Å². The summed E-state index contributed by atoms with van der Waals surface area (Å²) >= 11 is 0. The third kappa shape index (κ3) is 3.74. The van der Waals surface area contributed by atoms with Crippen LogP contribution in [-0.2, 0) is 6.42 Å². The lowest BCUT2D eigenvalue weighted by Crippen LogP contribution is -2.34. The fourth-order valence-electron chi connectivity index (χ4n) is 2.97. The number of rotatable bonds is 4. The molecule has 1 atom stereocenters. The second-order valence-corrected chi connectivity index (χ2v) is 5.88. The molecule has 0 radical (unpaired) electrons. The highest BCUT2D eigenvalue weighted by molar-refractivity contribution is 5.60. The predicted octanol–water partition coefficient (Wildman–Crippen LogP) is 2.51. The van der Waals surface area contributed by atoms with Crippen molar-refractivity contribution in [3.05, 3.63) is 36.0 Å². The molecule has 0 saturated carbocycles. The van der Waals surface area contributed by atoms with E-state index in [1.807, 2.05) is 12.1 Å². The Morgan fingerprint density at radius 2 is 2.18 bits per heavy atom. The lowest BCUT2D eigenvalue weighted by atomic mass is 9.97. The number of benzene rings is 1. The normalized spacial score (nSPS) is 18.3. The highest BCUT2D eigenvalue weighted by atomic mass is 16.3. The van der Waals surface area contributed by atoms with Gasteiger partial charge < -0.3 is 16.2 Å². The number of phenols is 1. The van der Waals surface area contributed by atoms with E-state index < -0.39 is 0 Å². The minimum absolute atomic E-state index is 0.245. The first-order valence-electron chi connectivity index (χ1n) is 7.86. The van der Waals surface area contributed by atoms with Gasteiger partial charge in [-0.2, -0.15) is 0 Å². The summed E-state index contributed by atoms with van der Waals surface area (Å²) in [4.78, 5) is 8.45. The van der Waals surface area contributed by atoms with E-state index in [0.29, 0.717) is 17.7 Å². The molecule has 5 heteroatoms. The number of nitrogens with one attached hydrogen (secondary N) is 1. The van der Waals surface area contributed by atoms with Crippen LogP contribution in [0.5, 0.6) is 5.75 Å². The molecule has 3 rings (SSSR count). The van der Waals surface area contributed by atoms with E-state index in [4.69, 9.17) is 5.73 Å². The number of hydrogen-bond acceptors (Lipinski definition) is 5. The average Bonchev–Trinajstić information content (AvgIpc) is 2.53. The lowest BCUT2D eigenvalue weighted by molar-refractivity contribution is 0.382. The van der Waals surface area contributed by atoms with Gasteiger partial charge in [-0.25, -0.2) is 9.97 Å². The second-order valence-electron chi connectivity index (χ2n) is 5.88. The summed E-state index contributed by atoms with van der Waals surface area (Å²) in [5.74, 6) is 1.23. The molecule has 5 nitrogen and oxygen atoms in total. The summed E-state index contributed by atoms with van der Waals surface area (Å²) < 4.78 is 0. The zero-order valence-corrected chi connectivity index (χ0v) is 12.6. The Labute approximate surface area is 130 Å². The second kappa shape index (κ2) is 6.75. The first-order chi connectivity index (χ1) is 10.7. The van der Waals surface area contributed by atoms with Gasteiger partial charge in [0.15, 0.2) is 5.82 Å². The third-order valence-electron chi connectivity index (χ3n) is 4.11. The van der Waals surface area contributed by atoms with Crippen molar-refractivity contribution in [2.45, 2.75) is 38.1 Å². The number of aromatic nitrogens is 2. The van der Waals surface area contributed by atoms with Gasteiger partial charge >= 0.3 is 0 Å². The van der Waals surface area contributed by atoms with Crippen LogP contribution in [0.4, 0.5) is 5.82 Å². The maximum absolute atomic E-state index is 9.96. The molecular weight excluding hydrogens is 276 g/mol. The molecule has 1 aliphatic heterocycles. The molecule has 0 aliphatic carbocycles. The number of aryl methyl sites for hydroxylation is 1. The summed E-state index contributed by atoms with van der Waals surface area (Å²) in [6, 6.07) is 7.78. The van der Waals surface area contributed by atoms with Crippen LogP contribution >= 0.6 is 0 Å². The molecule has 0 spiro atoms. The van der Waals surface area contributed by atoms with Crippen molar-refractivity contribution in [2.75, 3.05) is 12.3 Å². The van der Waals surface area contributed by atoms with E-state index in [2.05, 4.69) is 15.3 Å². The molecule has 0 amide bonds. The molecule has 116 valence electrons. The molecule has 1 aliphatic rings. The molecule has 1 aromatic heterocycles. The summed E-state index contributed by atoms with van der Waals surface area (Å²) in [7, 11) is 0. The Balaban J connectivity index is 1.74. The van der Waals surface area contributed by atoms with Crippen LogP contribution in [0.25, 0.3) is 11.4 Å². The molecular formula is C17H22N4O. The van der Waals surface area contributed by atoms with Gasteiger partial charge in [-0.05, 0) is 62.1 Å². The average molecular weight is 298 g/mol. The SMILES string of the molecule is Nc1ccnc(-c2cc(O)cc(CCC3CCCCN3)c2)n1. The minimum atomic E-state index is 0.245. The van der Waals surface area contributed by atoms with Gasteiger partial charge in [0.25, 0.3) is 0 Å². The van der Waals surface area contributed by atoms with Crippen molar-refractivity contribution in [1.82, 2.24) is 15.3 Å². The summed E-state index contributed by atoms with van der Waals surface area (Å²) in [6.07, 6.45) is 7.47. The topological polar surface area (TPSA) is 84.1 Å². The Morgan fingerprint density at radius 1 is 1.27 bits per heavy atom. The predicted molar refractivity (Wildman–Crippen MR) is 87.5 cm³/mol. The van der Waals surface area contributed by atoms with Crippen LogP contribution in [0.15, 0.2) is 30.5 Å². The largest absolute Gasteiger partial charge is 0.508 e. The number of anilines is 1. The summed E-state index contributed by atoms with van der Waals surface area (Å²) in [5.41, 5.74) is 7.62. The molecule has 4 N–H and O–H groups in total. The Kier molecular flexibility index (Phi) is 4.53. The van der Waals surface area contributed by atoms with Crippen LogP contribution in [0.1, 0.15) is 31.2 Å². The van der Waals surface area contributed by atoms with Crippen molar-refractivity contribution >= 4 is 5.82 Å². The first kappa shape index (κ1) is 14.8. The van der Waals surface area contributed by atoms with Gasteiger partial charge in [0.05, 0.1) is 0 Å². The van der Waals surface area contributed by atoms with Crippen molar-refractivity contribution in [2.24, 2.45) is 0 Å². The Hall–Kier alpha value is -2.14. The molecule has 1 saturated heterocycles. The van der Waals surface area contributed by atoms with E-state index >= 15 is 0 Å². The third-order valence-corrected chi connectivity index (χ3v) is 4.11. The standard InChI is InChI=1S/C17H22N4O/c18-16-6-8-20-17(21-16)13-9-12(10-15(22)11-13)4-5-14-3-1-2-7-19-14/h6,8-11,14,19,22H,1-5,7H2,(H2,18,20,21). The number of nitrogen functional groups attached to an aromatic ring is 1. The fraction of sp³-hybridized carbons (Fsp3) is 0.412.